The van der Waals surface area contributed by atoms with Crippen molar-refractivity contribution < 1.29 is 9.47 Å². The number of ether oxygens (including phenoxy) is 2. The highest BCUT2D eigenvalue weighted by atomic mass is 32.2. The second kappa shape index (κ2) is 4.43. The van der Waals surface area contributed by atoms with Gasteiger partial charge in [-0.1, -0.05) is 0 Å². The van der Waals surface area contributed by atoms with Crippen LogP contribution in [0.4, 0.5) is 0 Å². The Morgan fingerprint density at radius 3 is 2.54 bits per heavy atom. The molecular weight excluding hydrogens is 204 g/mol. The summed E-state index contributed by atoms with van der Waals surface area (Å²) in [5, 5.41) is 0. The lowest BCUT2D eigenvalue weighted by molar-refractivity contribution is -0.0397. The first kappa shape index (κ1) is 10.1. The van der Waals surface area contributed by atoms with Crippen LogP contribution >= 0.6 is 23.5 Å². The van der Waals surface area contributed by atoms with Crippen molar-refractivity contribution in [3.63, 3.8) is 0 Å². The number of hydrogen-bond acceptors (Lipinski definition) is 4. The molecule has 2 nitrogen and oxygen atoms in total. The summed E-state index contributed by atoms with van der Waals surface area (Å²) in [5.41, 5.74) is 0. The van der Waals surface area contributed by atoms with Crippen LogP contribution in [-0.4, -0.2) is 35.1 Å². The second-order valence-corrected chi connectivity index (χ2v) is 6.23. The molecule has 2 aliphatic rings. The lowest BCUT2D eigenvalue weighted by atomic mass is 10.4. The minimum atomic E-state index is -0.0885. The zero-order valence-corrected chi connectivity index (χ0v) is 9.59. The molecule has 0 amide bonds. The molecule has 76 valence electrons. The minimum absolute atomic E-state index is 0.0885. The highest BCUT2D eigenvalue weighted by molar-refractivity contribution is 8.18. The van der Waals surface area contributed by atoms with Gasteiger partial charge in [-0.3, -0.25) is 0 Å². The third kappa shape index (κ3) is 2.17. The van der Waals surface area contributed by atoms with Gasteiger partial charge in [0.25, 0.3) is 0 Å². The Hall–Kier alpha value is 0.620. The summed E-state index contributed by atoms with van der Waals surface area (Å²) < 4.78 is 11.5. The van der Waals surface area contributed by atoms with Gasteiger partial charge in [-0.25, -0.2) is 0 Å². The normalized spacial score (nSPS) is 41.8. The summed E-state index contributed by atoms with van der Waals surface area (Å²) in [4.78, 5) is 0. The summed E-state index contributed by atoms with van der Waals surface area (Å²) in [7, 11) is 0. The van der Waals surface area contributed by atoms with Crippen LogP contribution in [0.25, 0.3) is 0 Å². The van der Waals surface area contributed by atoms with Gasteiger partial charge in [0.05, 0.1) is 6.61 Å². The molecule has 2 aliphatic heterocycles. The monoisotopic (exact) mass is 220 g/mol. The fourth-order valence-corrected chi connectivity index (χ4v) is 4.47. The summed E-state index contributed by atoms with van der Waals surface area (Å²) in [6.45, 7) is 3.92. The molecule has 0 bridgehead atoms. The van der Waals surface area contributed by atoms with Gasteiger partial charge in [0.1, 0.15) is 6.10 Å². The molecule has 4 heteroatoms. The Bertz CT molecular complexity index is 169. The molecule has 0 aromatic carbocycles. The van der Waals surface area contributed by atoms with Crippen LogP contribution in [-0.2, 0) is 9.47 Å². The minimum Gasteiger partial charge on any atom is -0.374 e. The van der Waals surface area contributed by atoms with E-state index < -0.39 is 0 Å². The molecule has 2 unspecified atom stereocenters. The topological polar surface area (TPSA) is 18.5 Å². The van der Waals surface area contributed by atoms with Gasteiger partial charge in [0, 0.05) is 6.61 Å². The zero-order chi connectivity index (χ0) is 9.15. The van der Waals surface area contributed by atoms with E-state index in [0.29, 0.717) is 0 Å². The maximum absolute atomic E-state index is 5.90. The Morgan fingerprint density at radius 2 is 1.85 bits per heavy atom. The van der Waals surface area contributed by atoms with Gasteiger partial charge in [-0.15, -0.1) is 23.5 Å². The van der Waals surface area contributed by atoms with E-state index in [0.717, 1.165) is 25.4 Å². The second-order valence-electron chi connectivity index (χ2n) is 3.37. The molecule has 2 saturated heterocycles. The van der Waals surface area contributed by atoms with E-state index in [1.54, 1.807) is 0 Å². The van der Waals surface area contributed by atoms with Gasteiger partial charge in [0.2, 0.25) is 0 Å². The standard InChI is InChI=1S/C9H16O2S2/c1-8-9(11-5-3-7-13-9)12-6-2-4-10-8/h8H,2-7H2,1H3. The predicted molar refractivity (Wildman–Crippen MR) is 58.2 cm³/mol. The average molecular weight is 220 g/mol. The van der Waals surface area contributed by atoms with E-state index in [4.69, 9.17) is 9.47 Å². The van der Waals surface area contributed by atoms with Crippen molar-refractivity contribution in [1.29, 1.82) is 0 Å². The molecule has 2 atom stereocenters. The van der Waals surface area contributed by atoms with E-state index in [-0.39, 0.29) is 10.4 Å². The van der Waals surface area contributed by atoms with Gasteiger partial charge < -0.3 is 9.47 Å². The molecule has 0 aromatic rings. The fraction of sp³-hybridized carbons (Fsp3) is 1.00. The largest absolute Gasteiger partial charge is 0.374 e. The van der Waals surface area contributed by atoms with Crippen LogP contribution in [0.1, 0.15) is 19.8 Å². The molecule has 2 heterocycles. The predicted octanol–water partition coefficient (Wildman–Crippen LogP) is 2.34. The van der Waals surface area contributed by atoms with Crippen LogP contribution in [0, 0.1) is 0 Å². The Labute approximate surface area is 88.1 Å². The van der Waals surface area contributed by atoms with Crippen LogP contribution < -0.4 is 0 Å². The summed E-state index contributed by atoms with van der Waals surface area (Å²) in [6, 6.07) is 0. The van der Waals surface area contributed by atoms with E-state index in [2.05, 4.69) is 6.92 Å². The first-order valence-corrected chi connectivity index (χ1v) is 6.84. The molecule has 0 aromatic heterocycles. The molecule has 0 saturated carbocycles. The van der Waals surface area contributed by atoms with Crippen molar-refractivity contribution in [2.75, 3.05) is 24.7 Å². The van der Waals surface area contributed by atoms with Crippen LogP contribution in [0.5, 0.6) is 0 Å². The van der Waals surface area contributed by atoms with E-state index in [1.807, 2.05) is 23.5 Å². The zero-order valence-electron chi connectivity index (χ0n) is 7.95. The molecule has 2 rings (SSSR count). The van der Waals surface area contributed by atoms with Crippen molar-refractivity contribution in [2.24, 2.45) is 0 Å². The fourth-order valence-electron chi connectivity index (χ4n) is 1.60. The first-order chi connectivity index (χ1) is 6.33. The lowest BCUT2D eigenvalue weighted by Crippen LogP contribution is -2.40. The number of thioether (sulfide) groups is 2. The molecule has 0 aliphatic carbocycles. The lowest BCUT2D eigenvalue weighted by Gasteiger charge is -2.38. The van der Waals surface area contributed by atoms with Crippen molar-refractivity contribution in [3.8, 4) is 0 Å². The van der Waals surface area contributed by atoms with Gasteiger partial charge in [0.15, 0.2) is 4.27 Å². The molecule has 0 N–H and O–H groups in total. The van der Waals surface area contributed by atoms with Crippen molar-refractivity contribution in [3.05, 3.63) is 0 Å². The SMILES string of the molecule is CC1OCCCSC12OCCCS2. The van der Waals surface area contributed by atoms with Crippen LogP contribution in [0.3, 0.4) is 0 Å². The first-order valence-electron chi connectivity index (χ1n) is 4.87. The molecule has 13 heavy (non-hydrogen) atoms. The van der Waals surface area contributed by atoms with E-state index in [1.165, 1.54) is 12.2 Å². The molecule has 1 spiro atoms. The molecule has 0 radical (unpaired) electrons. The smallest absolute Gasteiger partial charge is 0.186 e. The third-order valence-electron chi connectivity index (χ3n) is 2.35. The third-order valence-corrected chi connectivity index (χ3v) is 5.75. The summed E-state index contributed by atoms with van der Waals surface area (Å²) in [6.07, 6.45) is 2.56. The van der Waals surface area contributed by atoms with Gasteiger partial charge >= 0.3 is 0 Å². The Morgan fingerprint density at radius 1 is 1.15 bits per heavy atom. The molecule has 2 fully saturated rings. The maximum atomic E-state index is 5.90. The average Bonchev–Trinajstić information content (AvgIpc) is 2.33. The van der Waals surface area contributed by atoms with E-state index >= 15 is 0 Å². The van der Waals surface area contributed by atoms with Gasteiger partial charge in [-0.05, 0) is 31.3 Å². The Balaban J connectivity index is 2.06. The maximum Gasteiger partial charge on any atom is 0.186 e. The highest BCUT2D eigenvalue weighted by Crippen LogP contribution is 2.46. The summed E-state index contributed by atoms with van der Waals surface area (Å²) in [5.74, 6) is 2.37. The van der Waals surface area contributed by atoms with Crippen LogP contribution in [0.15, 0.2) is 0 Å². The van der Waals surface area contributed by atoms with Crippen molar-refractivity contribution in [2.45, 2.75) is 30.1 Å². The Kier molecular flexibility index (Phi) is 3.46. The number of rotatable bonds is 0. The summed E-state index contributed by atoms with van der Waals surface area (Å²) >= 11 is 3.85. The molecular formula is C9H16O2S2. The van der Waals surface area contributed by atoms with Crippen LogP contribution in [0.2, 0.25) is 0 Å². The highest BCUT2D eigenvalue weighted by Gasteiger charge is 2.42. The van der Waals surface area contributed by atoms with Gasteiger partial charge in [-0.2, -0.15) is 0 Å². The number of hydrogen-bond donors (Lipinski definition) is 0. The van der Waals surface area contributed by atoms with Crippen molar-refractivity contribution >= 4 is 23.5 Å². The van der Waals surface area contributed by atoms with Crippen molar-refractivity contribution in [1.82, 2.24) is 0 Å². The van der Waals surface area contributed by atoms with E-state index in [9.17, 15) is 0 Å². The quantitative estimate of drug-likeness (QED) is 0.623.